The van der Waals surface area contributed by atoms with Crippen LogP contribution in [-0.4, -0.2) is 59.7 Å². The van der Waals surface area contributed by atoms with Gasteiger partial charge in [0.05, 0.1) is 18.1 Å². The summed E-state index contributed by atoms with van der Waals surface area (Å²) in [5, 5.41) is 0.217. The summed E-state index contributed by atoms with van der Waals surface area (Å²) in [5.74, 6) is -0.0843. The Kier molecular flexibility index (Phi) is 7.14. The average Bonchev–Trinajstić information content (AvgIpc) is 3.07. The van der Waals surface area contributed by atoms with Gasteiger partial charge in [-0.2, -0.15) is 0 Å². The smallest absolute Gasteiger partial charge is 0.294 e. The molecule has 2 fully saturated rings. The second-order valence-electron chi connectivity index (χ2n) is 7.25. The monoisotopic (exact) mass is 472 g/mol. The second-order valence-corrected chi connectivity index (χ2v) is 8.68. The second kappa shape index (κ2) is 10.2. The van der Waals surface area contributed by atoms with E-state index in [9.17, 15) is 14.4 Å². The Hall–Kier alpha value is -2.81. The van der Waals surface area contributed by atoms with Gasteiger partial charge in [0.15, 0.2) is 0 Å². The van der Waals surface area contributed by atoms with Crippen LogP contribution in [0.4, 0.5) is 4.79 Å². The fourth-order valence-electron chi connectivity index (χ4n) is 3.28. The SMILES string of the molecule is O=C(CN1C(=O)S/C(=C/c2cccc(OCc3ccc(Cl)cc3)c2)C1=O)N1CCOCC1. The van der Waals surface area contributed by atoms with Crippen molar-refractivity contribution in [1.29, 1.82) is 0 Å². The minimum atomic E-state index is -0.464. The van der Waals surface area contributed by atoms with Crippen molar-refractivity contribution in [3.05, 3.63) is 69.6 Å². The van der Waals surface area contributed by atoms with Crippen LogP contribution in [0.3, 0.4) is 0 Å². The number of ether oxygens (including phenoxy) is 2. The van der Waals surface area contributed by atoms with Crippen molar-refractivity contribution in [2.75, 3.05) is 32.8 Å². The van der Waals surface area contributed by atoms with E-state index in [0.29, 0.717) is 43.7 Å². The third-order valence-corrected chi connectivity index (χ3v) is 6.16. The summed E-state index contributed by atoms with van der Waals surface area (Å²) in [6.45, 7) is 1.97. The van der Waals surface area contributed by atoms with Crippen molar-refractivity contribution in [2.45, 2.75) is 6.61 Å². The lowest BCUT2D eigenvalue weighted by atomic mass is 10.2. The Balaban J connectivity index is 1.40. The number of benzene rings is 2. The molecule has 2 heterocycles. The molecule has 0 unspecified atom stereocenters. The quantitative estimate of drug-likeness (QED) is 0.595. The number of nitrogens with zero attached hydrogens (tertiary/aromatic N) is 2. The first-order valence-corrected chi connectivity index (χ1v) is 11.3. The molecule has 0 atom stereocenters. The van der Waals surface area contributed by atoms with Gasteiger partial charge in [-0.15, -0.1) is 0 Å². The fourth-order valence-corrected chi connectivity index (χ4v) is 4.24. The molecule has 2 saturated heterocycles. The lowest BCUT2D eigenvalue weighted by Gasteiger charge is -2.28. The van der Waals surface area contributed by atoms with Crippen molar-refractivity contribution in [3.63, 3.8) is 0 Å². The molecule has 166 valence electrons. The number of rotatable bonds is 6. The van der Waals surface area contributed by atoms with E-state index in [1.807, 2.05) is 30.3 Å². The molecule has 4 rings (SSSR count). The van der Waals surface area contributed by atoms with Crippen molar-refractivity contribution < 1.29 is 23.9 Å². The molecule has 0 bridgehead atoms. The summed E-state index contributed by atoms with van der Waals surface area (Å²) >= 11 is 6.73. The van der Waals surface area contributed by atoms with E-state index >= 15 is 0 Å². The predicted molar refractivity (Wildman–Crippen MR) is 122 cm³/mol. The summed E-state index contributed by atoms with van der Waals surface area (Å²) in [4.78, 5) is 40.4. The number of morpholine rings is 1. The topological polar surface area (TPSA) is 76.2 Å². The van der Waals surface area contributed by atoms with Gasteiger partial charge in [0, 0.05) is 18.1 Å². The summed E-state index contributed by atoms with van der Waals surface area (Å²) < 4.78 is 11.1. The van der Waals surface area contributed by atoms with Crippen LogP contribution in [0.15, 0.2) is 53.4 Å². The summed E-state index contributed by atoms with van der Waals surface area (Å²) in [5.41, 5.74) is 1.70. The highest BCUT2D eigenvalue weighted by Crippen LogP contribution is 2.32. The standard InChI is InChI=1S/C23H21ClN2O5S/c24-18-6-4-16(5-7-18)15-31-19-3-1-2-17(12-19)13-20-22(28)26(23(29)32-20)14-21(27)25-8-10-30-11-9-25/h1-7,12-13H,8-11,14-15H2/b20-13+. The molecule has 2 aliphatic rings. The maximum absolute atomic E-state index is 12.7. The first kappa shape index (κ1) is 22.4. The van der Waals surface area contributed by atoms with E-state index in [4.69, 9.17) is 21.1 Å². The van der Waals surface area contributed by atoms with Crippen molar-refractivity contribution in [1.82, 2.24) is 9.80 Å². The van der Waals surface area contributed by atoms with Gasteiger partial charge in [-0.05, 0) is 53.2 Å². The lowest BCUT2D eigenvalue weighted by molar-refractivity contribution is -0.139. The van der Waals surface area contributed by atoms with Gasteiger partial charge in [-0.1, -0.05) is 35.9 Å². The van der Waals surface area contributed by atoms with Crippen LogP contribution in [0.5, 0.6) is 5.75 Å². The van der Waals surface area contributed by atoms with E-state index in [-0.39, 0.29) is 17.4 Å². The molecule has 32 heavy (non-hydrogen) atoms. The van der Waals surface area contributed by atoms with E-state index in [0.717, 1.165) is 27.8 Å². The van der Waals surface area contributed by atoms with Crippen LogP contribution >= 0.6 is 23.4 Å². The van der Waals surface area contributed by atoms with Gasteiger partial charge in [-0.3, -0.25) is 19.3 Å². The van der Waals surface area contributed by atoms with Crippen LogP contribution in [0.2, 0.25) is 5.02 Å². The Morgan fingerprint density at radius 2 is 1.88 bits per heavy atom. The molecule has 9 heteroatoms. The third-order valence-electron chi connectivity index (χ3n) is 5.01. The van der Waals surface area contributed by atoms with Crippen LogP contribution in [0.25, 0.3) is 6.08 Å². The summed E-state index contributed by atoms with van der Waals surface area (Å²) in [6.07, 6.45) is 1.64. The highest BCUT2D eigenvalue weighted by atomic mass is 35.5. The minimum Gasteiger partial charge on any atom is -0.489 e. The van der Waals surface area contributed by atoms with Crippen molar-refractivity contribution in [2.24, 2.45) is 0 Å². The molecular weight excluding hydrogens is 452 g/mol. The summed E-state index contributed by atoms with van der Waals surface area (Å²) in [6, 6.07) is 14.6. The van der Waals surface area contributed by atoms with E-state index in [2.05, 4.69) is 0 Å². The molecule has 0 aliphatic carbocycles. The maximum Gasteiger partial charge on any atom is 0.294 e. The molecule has 3 amide bonds. The zero-order valence-corrected chi connectivity index (χ0v) is 18.7. The molecule has 0 aromatic heterocycles. The summed E-state index contributed by atoms with van der Waals surface area (Å²) in [7, 11) is 0. The number of thioether (sulfide) groups is 1. The Labute approximate surface area is 194 Å². The number of amides is 3. The molecule has 2 aromatic rings. The van der Waals surface area contributed by atoms with Crippen molar-refractivity contribution in [3.8, 4) is 5.75 Å². The van der Waals surface area contributed by atoms with Crippen molar-refractivity contribution >= 4 is 46.5 Å². The molecular formula is C23H21ClN2O5S. The Morgan fingerprint density at radius 1 is 1.12 bits per heavy atom. The largest absolute Gasteiger partial charge is 0.489 e. The number of carbonyl (C=O) groups is 3. The highest BCUT2D eigenvalue weighted by molar-refractivity contribution is 8.18. The van der Waals surface area contributed by atoms with Crippen LogP contribution in [0.1, 0.15) is 11.1 Å². The Morgan fingerprint density at radius 3 is 2.62 bits per heavy atom. The lowest BCUT2D eigenvalue weighted by Crippen LogP contribution is -2.46. The average molecular weight is 473 g/mol. The normalized spacial score (nSPS) is 17.8. The zero-order chi connectivity index (χ0) is 22.5. The van der Waals surface area contributed by atoms with Gasteiger partial charge in [-0.25, -0.2) is 0 Å². The molecule has 2 aliphatic heterocycles. The number of carbonyl (C=O) groups excluding carboxylic acids is 3. The highest BCUT2D eigenvalue weighted by Gasteiger charge is 2.37. The van der Waals surface area contributed by atoms with Gasteiger partial charge >= 0.3 is 0 Å². The van der Waals surface area contributed by atoms with E-state index < -0.39 is 11.1 Å². The third kappa shape index (κ3) is 5.51. The van der Waals surface area contributed by atoms with E-state index in [1.54, 1.807) is 29.2 Å². The minimum absolute atomic E-state index is 0.255. The number of imide groups is 1. The molecule has 7 nitrogen and oxygen atoms in total. The fraction of sp³-hybridized carbons (Fsp3) is 0.261. The zero-order valence-electron chi connectivity index (χ0n) is 17.2. The van der Waals surface area contributed by atoms with Crippen LogP contribution in [-0.2, 0) is 20.9 Å². The molecule has 0 saturated carbocycles. The predicted octanol–water partition coefficient (Wildman–Crippen LogP) is 3.81. The van der Waals surface area contributed by atoms with Gasteiger partial charge < -0.3 is 14.4 Å². The van der Waals surface area contributed by atoms with Crippen LogP contribution < -0.4 is 4.74 Å². The van der Waals surface area contributed by atoms with Crippen LogP contribution in [0, 0.1) is 0 Å². The molecule has 0 N–H and O–H groups in total. The number of hydrogen-bond donors (Lipinski definition) is 0. The molecule has 0 radical (unpaired) electrons. The Bertz CT molecular complexity index is 1050. The van der Waals surface area contributed by atoms with Gasteiger partial charge in [0.1, 0.15) is 18.9 Å². The number of hydrogen-bond acceptors (Lipinski definition) is 6. The first-order valence-electron chi connectivity index (χ1n) is 10.1. The van der Waals surface area contributed by atoms with Gasteiger partial charge in [0.25, 0.3) is 11.1 Å². The first-order chi connectivity index (χ1) is 15.5. The maximum atomic E-state index is 12.7. The molecule has 0 spiro atoms. The van der Waals surface area contributed by atoms with Gasteiger partial charge in [0.2, 0.25) is 5.91 Å². The number of halogens is 1. The van der Waals surface area contributed by atoms with E-state index in [1.165, 1.54) is 0 Å². The molecule has 2 aromatic carbocycles.